The molecule has 25 heteroatoms. The van der Waals surface area contributed by atoms with Crippen molar-refractivity contribution in [2.24, 2.45) is 11.3 Å². The largest absolute Gasteiger partial charge is 0.493 e. The number of nitrogens with one attached hydrogen (secondary N) is 4. The highest BCUT2D eigenvalue weighted by Crippen LogP contribution is 2.33. The summed E-state index contributed by atoms with van der Waals surface area (Å²) >= 11 is 0. The lowest BCUT2D eigenvalue weighted by Gasteiger charge is -2.36. The molecule has 25 nitrogen and oxygen atoms in total. The quantitative estimate of drug-likeness (QED) is 0.00974. The summed E-state index contributed by atoms with van der Waals surface area (Å²) in [6.45, 7) is 12.0. The van der Waals surface area contributed by atoms with Crippen molar-refractivity contribution in [2.45, 2.75) is 167 Å². The van der Waals surface area contributed by atoms with Gasteiger partial charge in [-0.3, -0.25) is 33.6 Å². The second-order valence-corrected chi connectivity index (χ2v) is 26.8. The Morgan fingerprint density at radius 3 is 2.07 bits per heavy atom. The van der Waals surface area contributed by atoms with E-state index in [9.17, 15) is 57.8 Å². The zero-order valence-electron chi connectivity index (χ0n) is 58.7. The molecule has 0 radical (unpaired) electrons. The van der Waals surface area contributed by atoms with Crippen LogP contribution in [0.5, 0.6) is 17.2 Å². The molecule has 6 atom stereocenters. The molecule has 4 aromatic rings. The van der Waals surface area contributed by atoms with Gasteiger partial charge in [-0.2, -0.15) is 0 Å². The Hall–Kier alpha value is -9.65. The number of anilines is 1. The molecule has 0 spiro atoms. The third kappa shape index (κ3) is 23.8. The number of ether oxygens (including phenoxy) is 6. The summed E-state index contributed by atoms with van der Waals surface area (Å²) in [5.74, 6) is -7.00. The van der Waals surface area contributed by atoms with Gasteiger partial charge in [-0.1, -0.05) is 80.6 Å². The number of Topliss-reactive ketones (excluding diaryl/α,β-unsaturated/α-hetero) is 1. The second kappa shape index (κ2) is 37.3. The topological polar surface area (TPSA) is 321 Å². The number of benzene rings is 4. The van der Waals surface area contributed by atoms with Crippen LogP contribution in [0, 0.1) is 11.3 Å². The molecule has 536 valence electrons. The molecule has 2 saturated heterocycles. The number of piperidine rings is 1. The van der Waals surface area contributed by atoms with Crippen molar-refractivity contribution in [2.75, 3.05) is 66.5 Å². The first-order valence-corrected chi connectivity index (χ1v) is 33.6. The monoisotopic (exact) mass is 1370 g/mol. The molecular formula is C74H97N7O18. The number of aliphatic carboxylic acids is 1. The number of likely N-dealkylation sites (tertiary alicyclic amines) is 2. The van der Waals surface area contributed by atoms with Gasteiger partial charge in [0.2, 0.25) is 35.3 Å². The zero-order chi connectivity index (χ0) is 72.6. The van der Waals surface area contributed by atoms with Crippen LogP contribution in [-0.2, 0) is 79.8 Å². The van der Waals surface area contributed by atoms with Crippen molar-refractivity contribution >= 4 is 70.8 Å². The fourth-order valence-electron chi connectivity index (χ4n) is 11.6. The molecule has 0 aromatic heterocycles. The molecule has 6 rings (SSSR count). The minimum Gasteiger partial charge on any atom is -0.493 e. The number of carboxylic acids is 1. The van der Waals surface area contributed by atoms with Crippen LogP contribution in [0.1, 0.15) is 147 Å². The number of rotatable bonds is 35. The first-order chi connectivity index (χ1) is 47.0. The maximum absolute atomic E-state index is 15.0. The van der Waals surface area contributed by atoms with Gasteiger partial charge in [0, 0.05) is 51.2 Å². The van der Waals surface area contributed by atoms with Gasteiger partial charge < -0.3 is 69.5 Å². The lowest BCUT2D eigenvalue weighted by atomic mass is 9.87. The van der Waals surface area contributed by atoms with Crippen LogP contribution in [-0.4, -0.2) is 176 Å². The molecule has 2 heterocycles. The van der Waals surface area contributed by atoms with Crippen LogP contribution in [0.25, 0.3) is 0 Å². The number of carbonyl (C=O) groups is 11. The Labute approximate surface area is 579 Å². The Morgan fingerprint density at radius 1 is 0.737 bits per heavy atom. The number of likely N-dealkylation sites (N-methyl/N-ethyl adjacent to an activating group) is 1. The molecule has 2 aliphatic rings. The Morgan fingerprint density at radius 2 is 1.40 bits per heavy atom. The molecule has 2 aliphatic heterocycles. The highest BCUT2D eigenvalue weighted by molar-refractivity contribution is 6.38. The van der Waals surface area contributed by atoms with Gasteiger partial charge >= 0.3 is 23.9 Å². The van der Waals surface area contributed by atoms with Crippen molar-refractivity contribution in [1.82, 2.24) is 30.7 Å². The Balaban J connectivity index is 1.19. The predicted octanol–water partition coefficient (Wildman–Crippen LogP) is 7.58. The summed E-state index contributed by atoms with van der Waals surface area (Å²) in [6.07, 6.45) is 4.27. The summed E-state index contributed by atoms with van der Waals surface area (Å²) in [5, 5.41) is 21.5. The van der Waals surface area contributed by atoms with Crippen molar-refractivity contribution in [3.63, 3.8) is 0 Å². The highest BCUT2D eigenvalue weighted by Gasteiger charge is 2.44. The number of aryl methyl sites for hydroxylation is 1. The van der Waals surface area contributed by atoms with Crippen molar-refractivity contribution in [1.29, 1.82) is 0 Å². The maximum Gasteiger partial charge on any atom is 0.344 e. The van der Waals surface area contributed by atoms with E-state index in [2.05, 4.69) is 21.3 Å². The smallest absolute Gasteiger partial charge is 0.344 e. The van der Waals surface area contributed by atoms with Crippen LogP contribution in [0.2, 0.25) is 0 Å². The van der Waals surface area contributed by atoms with E-state index in [0.717, 1.165) is 10.5 Å². The fourth-order valence-corrected chi connectivity index (χ4v) is 11.6. The number of carbonyl (C=O) groups excluding carboxylic acids is 10. The number of carboxylic acid groups (broad SMARTS) is 1. The summed E-state index contributed by atoms with van der Waals surface area (Å²) in [7, 11) is 6.21. The first-order valence-electron chi connectivity index (χ1n) is 33.6. The molecule has 99 heavy (non-hydrogen) atoms. The molecule has 0 bridgehead atoms. The number of nitrogens with zero attached hydrogens (tertiary/aromatic N) is 3. The van der Waals surface area contributed by atoms with Gasteiger partial charge in [-0.15, -0.1) is 0 Å². The average molecular weight is 1370 g/mol. The summed E-state index contributed by atoms with van der Waals surface area (Å²) in [4.78, 5) is 155. The van der Waals surface area contributed by atoms with E-state index in [1.807, 2.05) is 19.9 Å². The average Bonchev–Trinajstić information content (AvgIpc) is 1.79. The standard InChI is InChI=1S/C74H97N7O18/c1-47(2)41-57(71(91)92)79(9)69(89)55-26-20-40-80(55)68(88)54(42-48-28-32-53(33-29-48)96-45-64(85)99-73(3,4)5)77-67(87)65(50-21-13-12-14-22-50)78-62(83)37-36-61(82)76-52-24-19-23-51(44-52)58(34-30-49-31-35-59(94-10)60(43-49)95-11)98-72(93)56-25-16-18-39-81(56)70(90)66(86)74(6,7)46-97-63(84)27-15-17-38-75-8/h12-15,19,21-24,27-29,31-33,35,43-44,47,54-58,65,75H,16-18,20,25-26,30,34,36-42,45-46H2,1-11H3,(H,76,82)(H,77,87)(H,78,83)(H,91,92)/b27-15+/t54-,55+,56-,57-,58+,65-/m0/s1. The highest BCUT2D eigenvalue weighted by atomic mass is 16.6. The summed E-state index contributed by atoms with van der Waals surface area (Å²) in [6, 6.07) is 20.6. The normalized spacial score (nSPS) is 15.9. The molecule has 5 N–H and O–H groups in total. The summed E-state index contributed by atoms with van der Waals surface area (Å²) in [5.41, 5.74) is 0.275. The number of hydrogen-bond acceptors (Lipinski definition) is 18. The third-order valence-corrected chi connectivity index (χ3v) is 16.8. The molecular weight excluding hydrogens is 1270 g/mol. The number of ketones is 1. The van der Waals surface area contributed by atoms with Crippen LogP contribution in [0.15, 0.2) is 109 Å². The number of hydrogen-bond donors (Lipinski definition) is 5. The van der Waals surface area contributed by atoms with Gasteiger partial charge in [0.25, 0.3) is 5.91 Å². The van der Waals surface area contributed by atoms with Crippen LogP contribution >= 0.6 is 0 Å². The van der Waals surface area contributed by atoms with Gasteiger partial charge in [-0.25, -0.2) is 19.2 Å². The van der Waals surface area contributed by atoms with E-state index in [-0.39, 0.29) is 76.4 Å². The molecule has 2 fully saturated rings. The van der Waals surface area contributed by atoms with Gasteiger partial charge in [-0.05, 0) is 171 Å². The molecule has 0 unspecified atom stereocenters. The van der Waals surface area contributed by atoms with E-state index in [4.69, 9.17) is 28.4 Å². The maximum atomic E-state index is 15.0. The minimum absolute atomic E-state index is 0.0667. The SMILES string of the molecule is CNCC/C=C/C(=O)OCC(C)(C)C(=O)C(=O)N1CCCC[C@H]1C(=O)O[C@H](CCc1ccc(OC)c(OC)c1)c1cccc(NC(=O)CCC(=O)N[C@H](C(=O)N[C@@H](Cc2ccc(OCC(=O)OC(C)(C)C)cc2)C(=O)N2CCC[C@@H]2C(=O)N(C)[C@@H](CC(C)C)C(=O)O)c2ccccc2)c1. The zero-order valence-corrected chi connectivity index (χ0v) is 58.7. The van der Waals surface area contributed by atoms with Gasteiger partial charge in [0.1, 0.15) is 54.3 Å². The van der Waals surface area contributed by atoms with Gasteiger partial charge in [0.05, 0.1) is 19.6 Å². The van der Waals surface area contributed by atoms with Crippen LogP contribution in [0.4, 0.5) is 5.69 Å². The Kier molecular flexibility index (Phi) is 29.6. The van der Waals surface area contributed by atoms with E-state index < -0.39 is 119 Å². The third-order valence-electron chi connectivity index (χ3n) is 16.8. The number of esters is 3. The molecule has 6 amide bonds. The summed E-state index contributed by atoms with van der Waals surface area (Å²) < 4.78 is 33.7. The van der Waals surface area contributed by atoms with Crippen molar-refractivity contribution in [3.8, 4) is 17.2 Å². The van der Waals surface area contributed by atoms with E-state index >= 15 is 0 Å². The first kappa shape index (κ1) is 78.3. The predicted molar refractivity (Wildman–Crippen MR) is 367 cm³/mol. The molecule has 0 aliphatic carbocycles. The van der Waals surface area contributed by atoms with Crippen molar-refractivity contribution in [3.05, 3.63) is 131 Å². The van der Waals surface area contributed by atoms with Crippen LogP contribution < -0.4 is 35.5 Å². The van der Waals surface area contributed by atoms with Crippen LogP contribution in [0.3, 0.4) is 0 Å². The van der Waals surface area contributed by atoms with Gasteiger partial charge in [0.15, 0.2) is 18.1 Å². The minimum atomic E-state index is -1.43. The number of amides is 6. The lowest BCUT2D eigenvalue weighted by Crippen LogP contribution is -2.57. The lowest BCUT2D eigenvalue weighted by molar-refractivity contribution is -0.165. The number of methoxy groups -OCH3 is 2. The fraction of sp³-hybridized carbons (Fsp3) is 0.500. The van der Waals surface area contributed by atoms with Crippen molar-refractivity contribution < 1.29 is 86.3 Å². The van der Waals surface area contributed by atoms with E-state index in [1.165, 1.54) is 51.0 Å². The molecule has 4 aromatic carbocycles. The van der Waals surface area contributed by atoms with E-state index in [1.54, 1.807) is 125 Å². The Bertz CT molecular complexity index is 3500. The van der Waals surface area contributed by atoms with E-state index in [0.29, 0.717) is 72.6 Å². The second-order valence-electron chi connectivity index (χ2n) is 26.8. The molecule has 0 saturated carbocycles.